The highest BCUT2D eigenvalue weighted by Gasteiger charge is 2.19. The van der Waals surface area contributed by atoms with Gasteiger partial charge in [0.2, 0.25) is 0 Å². The third-order valence-corrected chi connectivity index (χ3v) is 11.4. The second-order valence-electron chi connectivity index (χ2n) is 13.4. The van der Waals surface area contributed by atoms with Gasteiger partial charge in [0.15, 0.2) is 17.5 Å². The van der Waals surface area contributed by atoms with Crippen molar-refractivity contribution in [2.24, 2.45) is 0 Å². The highest BCUT2D eigenvalue weighted by Crippen LogP contribution is 2.43. The second-order valence-corrected chi connectivity index (χ2v) is 14.4. The van der Waals surface area contributed by atoms with Crippen LogP contribution in [-0.4, -0.2) is 19.9 Å². The molecule has 5 nitrogen and oxygen atoms in total. The molecule has 0 aliphatic rings. The third-order valence-electron chi connectivity index (χ3n) is 10.2. The van der Waals surface area contributed by atoms with Crippen molar-refractivity contribution in [1.29, 1.82) is 0 Å². The first kappa shape index (κ1) is 30.6. The fourth-order valence-electron chi connectivity index (χ4n) is 7.52. The van der Waals surface area contributed by atoms with Crippen molar-refractivity contribution in [3.05, 3.63) is 170 Å². The van der Waals surface area contributed by atoms with Crippen LogP contribution in [-0.2, 0) is 0 Å². The number of thiophene rings is 1. The van der Waals surface area contributed by atoms with E-state index in [1.54, 1.807) is 0 Å². The van der Waals surface area contributed by atoms with Crippen LogP contribution in [0.4, 0.5) is 0 Å². The van der Waals surface area contributed by atoms with Gasteiger partial charge in [-0.1, -0.05) is 146 Å². The maximum absolute atomic E-state index is 6.44. The highest BCUT2D eigenvalue weighted by molar-refractivity contribution is 7.26. The summed E-state index contributed by atoms with van der Waals surface area (Å²) in [4.78, 5) is 20.5. The number of nitrogens with zero attached hydrogens (tertiary/aromatic N) is 4. The molecular formula is C48H28N4OS. The summed E-state index contributed by atoms with van der Waals surface area (Å²) in [6.45, 7) is 0. The normalized spacial score (nSPS) is 11.7. The molecule has 0 saturated heterocycles. The second kappa shape index (κ2) is 12.3. The van der Waals surface area contributed by atoms with E-state index < -0.39 is 0 Å². The maximum Gasteiger partial charge on any atom is 0.167 e. The monoisotopic (exact) mass is 708 g/mol. The Balaban J connectivity index is 1.07. The largest absolute Gasteiger partial charge is 0.455 e. The van der Waals surface area contributed by atoms with E-state index in [0.717, 1.165) is 66.5 Å². The topological polar surface area (TPSA) is 64.7 Å². The highest BCUT2D eigenvalue weighted by atomic mass is 32.1. The molecule has 0 unspecified atom stereocenters. The molecule has 0 aliphatic heterocycles. The predicted molar refractivity (Wildman–Crippen MR) is 222 cm³/mol. The van der Waals surface area contributed by atoms with Gasteiger partial charge >= 0.3 is 0 Å². The fraction of sp³-hybridized carbons (Fsp3) is 0. The van der Waals surface area contributed by atoms with E-state index in [1.165, 1.54) is 25.6 Å². The quantitative estimate of drug-likeness (QED) is 0.178. The Kier molecular flexibility index (Phi) is 6.97. The summed E-state index contributed by atoms with van der Waals surface area (Å²) in [5.74, 6) is 1.73. The van der Waals surface area contributed by atoms with E-state index in [0.29, 0.717) is 17.5 Å². The van der Waals surface area contributed by atoms with Crippen LogP contribution in [0.3, 0.4) is 0 Å². The molecule has 0 atom stereocenters. The van der Waals surface area contributed by atoms with E-state index in [9.17, 15) is 0 Å². The van der Waals surface area contributed by atoms with Gasteiger partial charge in [-0.2, -0.15) is 0 Å². The summed E-state index contributed by atoms with van der Waals surface area (Å²) < 4.78 is 8.95. The number of hydrogen-bond donors (Lipinski definition) is 0. The number of pyridine rings is 1. The van der Waals surface area contributed by atoms with E-state index in [1.807, 2.05) is 47.7 Å². The Morgan fingerprint density at radius 2 is 0.963 bits per heavy atom. The lowest BCUT2D eigenvalue weighted by atomic mass is 10.0. The van der Waals surface area contributed by atoms with Crippen LogP contribution in [0, 0.1) is 0 Å². The number of hydrogen-bond acceptors (Lipinski definition) is 6. The molecular weight excluding hydrogens is 681 g/mol. The van der Waals surface area contributed by atoms with Gasteiger partial charge in [-0.25, -0.2) is 19.9 Å². The van der Waals surface area contributed by atoms with Gasteiger partial charge in [0, 0.05) is 53.0 Å². The molecule has 11 rings (SSSR count). The first-order valence-corrected chi connectivity index (χ1v) is 18.7. The van der Waals surface area contributed by atoms with Crippen LogP contribution < -0.4 is 0 Å². The Bertz CT molecular complexity index is 3200. The smallest absolute Gasteiger partial charge is 0.167 e. The molecule has 4 aromatic heterocycles. The molecule has 0 radical (unpaired) electrons. The van der Waals surface area contributed by atoms with Crippen LogP contribution in [0.5, 0.6) is 0 Å². The zero-order chi connectivity index (χ0) is 35.6. The molecule has 4 heterocycles. The molecule has 0 fully saturated rings. The molecule has 252 valence electrons. The summed E-state index contributed by atoms with van der Waals surface area (Å²) in [5, 5.41) is 5.67. The first-order valence-electron chi connectivity index (χ1n) is 17.9. The van der Waals surface area contributed by atoms with Crippen molar-refractivity contribution in [3.8, 4) is 56.5 Å². The van der Waals surface area contributed by atoms with Crippen LogP contribution in [0.15, 0.2) is 174 Å². The minimum atomic E-state index is 0.554. The Morgan fingerprint density at radius 3 is 1.74 bits per heavy atom. The minimum absolute atomic E-state index is 0.554. The zero-order valence-electron chi connectivity index (χ0n) is 28.8. The van der Waals surface area contributed by atoms with Crippen LogP contribution >= 0.6 is 11.3 Å². The SMILES string of the molecule is c1ccc(-c2ccc(-c3nc(-c4ccc(-c5nc6ccccc6c6sc7ccccc7c56)cc4)nc(-c4cccc5c4oc4ccccc45)n3)cc2)cc1. The average Bonchev–Trinajstić information content (AvgIpc) is 3.83. The summed E-state index contributed by atoms with van der Waals surface area (Å²) in [6, 6.07) is 58.5. The third kappa shape index (κ3) is 4.99. The van der Waals surface area contributed by atoms with Crippen molar-refractivity contribution in [2.45, 2.75) is 0 Å². The number of rotatable bonds is 5. The Labute approximate surface area is 313 Å². The van der Waals surface area contributed by atoms with E-state index in [2.05, 4.69) is 133 Å². The summed E-state index contributed by atoms with van der Waals surface area (Å²) >= 11 is 1.83. The lowest BCUT2D eigenvalue weighted by Crippen LogP contribution is -2.00. The van der Waals surface area contributed by atoms with Gasteiger partial charge in [0.1, 0.15) is 11.2 Å². The molecule has 0 saturated carbocycles. The molecule has 7 aromatic carbocycles. The van der Waals surface area contributed by atoms with Gasteiger partial charge < -0.3 is 4.42 Å². The van der Waals surface area contributed by atoms with E-state index in [-0.39, 0.29) is 0 Å². The lowest BCUT2D eigenvalue weighted by molar-refractivity contribution is 0.669. The Morgan fingerprint density at radius 1 is 0.389 bits per heavy atom. The van der Waals surface area contributed by atoms with Gasteiger partial charge in [-0.15, -0.1) is 11.3 Å². The first-order chi connectivity index (χ1) is 26.7. The number of furan rings is 1. The fourth-order valence-corrected chi connectivity index (χ4v) is 8.75. The van der Waals surface area contributed by atoms with Crippen LogP contribution in [0.2, 0.25) is 0 Å². The van der Waals surface area contributed by atoms with Crippen LogP contribution in [0.25, 0.3) is 110 Å². The molecule has 54 heavy (non-hydrogen) atoms. The molecule has 11 aromatic rings. The summed E-state index contributed by atoms with van der Waals surface area (Å²) in [5.41, 5.74) is 9.48. The van der Waals surface area contributed by atoms with Crippen molar-refractivity contribution >= 4 is 64.4 Å². The minimum Gasteiger partial charge on any atom is -0.455 e. The zero-order valence-corrected chi connectivity index (χ0v) is 29.6. The molecule has 6 heteroatoms. The predicted octanol–water partition coefficient (Wildman–Crippen LogP) is 13.0. The number of benzene rings is 7. The van der Waals surface area contributed by atoms with Crippen molar-refractivity contribution in [3.63, 3.8) is 0 Å². The number of aromatic nitrogens is 4. The Hall–Kier alpha value is -7.02. The standard InChI is InChI=1S/C48H28N4OS/c1-2-11-29(12-3-1)30-21-25-32(26-22-30)46-50-47(52-48(51-46)38-17-10-16-35-34-13-5-8-19-40(34)53-44(35)38)33-27-23-31(24-28-33)43-42-37-15-6-9-20-41(37)54-45(42)36-14-4-7-18-39(36)49-43/h1-28H. The van der Waals surface area contributed by atoms with Gasteiger partial charge in [0.05, 0.1) is 16.8 Å². The van der Waals surface area contributed by atoms with Gasteiger partial charge in [-0.3, -0.25) is 0 Å². The summed E-state index contributed by atoms with van der Waals surface area (Å²) in [6.07, 6.45) is 0. The molecule has 0 bridgehead atoms. The van der Waals surface area contributed by atoms with Crippen molar-refractivity contribution in [1.82, 2.24) is 19.9 Å². The molecule has 0 aliphatic carbocycles. The average molecular weight is 709 g/mol. The van der Waals surface area contributed by atoms with E-state index >= 15 is 0 Å². The van der Waals surface area contributed by atoms with Gasteiger partial charge in [0.25, 0.3) is 0 Å². The van der Waals surface area contributed by atoms with Gasteiger partial charge in [-0.05, 0) is 35.4 Å². The molecule has 0 spiro atoms. The molecule has 0 N–H and O–H groups in total. The lowest BCUT2D eigenvalue weighted by Gasteiger charge is -2.11. The maximum atomic E-state index is 6.44. The summed E-state index contributed by atoms with van der Waals surface area (Å²) in [7, 11) is 0. The van der Waals surface area contributed by atoms with Crippen molar-refractivity contribution < 1.29 is 4.42 Å². The van der Waals surface area contributed by atoms with Crippen molar-refractivity contribution in [2.75, 3.05) is 0 Å². The number of fused-ring (bicyclic) bond motifs is 8. The molecule has 0 amide bonds. The van der Waals surface area contributed by atoms with E-state index in [4.69, 9.17) is 24.4 Å². The number of para-hydroxylation sites is 3. The van der Waals surface area contributed by atoms with Crippen LogP contribution in [0.1, 0.15) is 0 Å².